The zero-order chi connectivity index (χ0) is 19.5. The molecule has 0 aromatic heterocycles. The summed E-state index contributed by atoms with van der Waals surface area (Å²) in [5.41, 5.74) is 6.05. The molecule has 2 aromatic rings. The van der Waals surface area contributed by atoms with Crippen LogP contribution in [0.3, 0.4) is 0 Å². The molecule has 2 rings (SSSR count). The second kappa shape index (κ2) is 8.78. The van der Waals surface area contributed by atoms with Crippen LogP contribution in [0.25, 0.3) is 4.91 Å². The van der Waals surface area contributed by atoms with Crippen LogP contribution in [0.5, 0.6) is 0 Å². The average Bonchev–Trinajstić information content (AvgIpc) is 2.51. The van der Waals surface area contributed by atoms with E-state index in [4.69, 9.17) is 64.4 Å². The van der Waals surface area contributed by atoms with E-state index in [0.29, 0.717) is 15.6 Å². The molecule has 2 aromatic carbocycles. The van der Waals surface area contributed by atoms with Gasteiger partial charge in [-0.25, -0.2) is 8.42 Å². The third-order valence-corrected chi connectivity index (χ3v) is 6.19. The fourth-order valence-electron chi connectivity index (χ4n) is 2.08. The van der Waals surface area contributed by atoms with Gasteiger partial charge in [-0.1, -0.05) is 58.5 Å². The van der Waals surface area contributed by atoms with E-state index in [-0.39, 0.29) is 31.4 Å². The maximum Gasteiger partial charge on any atom is 0.184 e. The van der Waals surface area contributed by atoms with Gasteiger partial charge in [0.25, 0.3) is 0 Å². The molecule has 0 radical (unpaired) electrons. The van der Waals surface area contributed by atoms with Crippen molar-refractivity contribution in [2.45, 2.75) is 5.75 Å². The number of rotatable bonds is 5. The Labute approximate surface area is 176 Å². The van der Waals surface area contributed by atoms with E-state index >= 15 is 0 Å². The van der Waals surface area contributed by atoms with Gasteiger partial charge in [0.15, 0.2) is 14.9 Å². The minimum Gasteiger partial charge on any atom is -0.376 e. The Morgan fingerprint density at radius 1 is 1.04 bits per heavy atom. The van der Waals surface area contributed by atoms with E-state index in [1.807, 2.05) is 0 Å². The first kappa shape index (κ1) is 21.3. The van der Waals surface area contributed by atoms with Crippen molar-refractivity contribution in [1.82, 2.24) is 5.32 Å². The summed E-state index contributed by atoms with van der Waals surface area (Å²) in [5.74, 6) is -0.368. The first-order valence-electron chi connectivity index (χ1n) is 6.98. The number of hydrogen-bond donors (Lipinski definition) is 2. The molecule has 0 bridgehead atoms. The van der Waals surface area contributed by atoms with E-state index in [1.165, 1.54) is 30.5 Å². The Balaban J connectivity index is 2.52. The molecule has 3 N–H and O–H groups in total. The number of sulfone groups is 1. The SMILES string of the molecule is NC(=S)N/C=C(/c1ccc(Cl)cc1Cl)S(=O)(=O)Cc1ccc(Cl)cc1Cl. The fraction of sp³-hybridized carbons (Fsp3) is 0.0625. The summed E-state index contributed by atoms with van der Waals surface area (Å²) in [4.78, 5) is -0.0991. The number of nitrogens with one attached hydrogen (secondary N) is 1. The Kier molecular flexibility index (Phi) is 7.19. The molecule has 138 valence electrons. The highest BCUT2D eigenvalue weighted by atomic mass is 35.5. The lowest BCUT2D eigenvalue weighted by molar-refractivity contribution is 0.605. The van der Waals surface area contributed by atoms with Crippen LogP contribution in [0.4, 0.5) is 0 Å². The van der Waals surface area contributed by atoms with Crippen LogP contribution in [-0.2, 0) is 15.6 Å². The fourth-order valence-corrected chi connectivity index (χ4v) is 4.83. The predicted octanol–water partition coefficient (Wildman–Crippen LogP) is 5.05. The van der Waals surface area contributed by atoms with Crippen LogP contribution in [0.2, 0.25) is 20.1 Å². The van der Waals surface area contributed by atoms with E-state index in [0.717, 1.165) is 0 Å². The average molecular weight is 470 g/mol. The number of thiocarbonyl (C=S) groups is 1. The van der Waals surface area contributed by atoms with Crippen LogP contribution in [0.15, 0.2) is 42.6 Å². The van der Waals surface area contributed by atoms with E-state index in [9.17, 15) is 8.42 Å². The topological polar surface area (TPSA) is 72.2 Å². The lowest BCUT2D eigenvalue weighted by atomic mass is 10.2. The number of halogens is 4. The van der Waals surface area contributed by atoms with Crippen LogP contribution in [0, 0.1) is 0 Å². The summed E-state index contributed by atoms with van der Waals surface area (Å²) in [5, 5.41) is 3.62. The van der Waals surface area contributed by atoms with Crippen LogP contribution in [-0.4, -0.2) is 13.5 Å². The van der Waals surface area contributed by atoms with Gasteiger partial charge in [-0.3, -0.25) is 0 Å². The summed E-state index contributed by atoms with van der Waals surface area (Å²) < 4.78 is 26.0. The van der Waals surface area contributed by atoms with Crippen molar-refractivity contribution in [2.24, 2.45) is 5.73 Å². The van der Waals surface area contributed by atoms with Crippen LogP contribution in [0.1, 0.15) is 11.1 Å². The Morgan fingerprint density at radius 2 is 1.62 bits per heavy atom. The van der Waals surface area contributed by atoms with Crippen molar-refractivity contribution in [3.63, 3.8) is 0 Å². The molecular weight excluding hydrogens is 458 g/mol. The molecule has 0 heterocycles. The van der Waals surface area contributed by atoms with Gasteiger partial charge >= 0.3 is 0 Å². The second-order valence-electron chi connectivity index (χ2n) is 5.14. The quantitative estimate of drug-likeness (QED) is 0.599. The normalized spacial score (nSPS) is 12.1. The Bertz CT molecular complexity index is 992. The Morgan fingerprint density at radius 3 is 2.15 bits per heavy atom. The minimum atomic E-state index is -3.87. The first-order valence-corrected chi connectivity index (χ1v) is 10.6. The maximum atomic E-state index is 13.0. The summed E-state index contributed by atoms with van der Waals surface area (Å²) in [6.07, 6.45) is 1.19. The summed E-state index contributed by atoms with van der Waals surface area (Å²) in [6.45, 7) is 0. The third-order valence-electron chi connectivity index (χ3n) is 3.24. The molecule has 0 aliphatic carbocycles. The van der Waals surface area contributed by atoms with Gasteiger partial charge in [0.1, 0.15) is 0 Å². The molecular formula is C16H12Cl4N2O2S2. The highest BCUT2D eigenvalue weighted by Gasteiger charge is 2.24. The summed E-state index contributed by atoms with van der Waals surface area (Å²) >= 11 is 28.8. The molecule has 0 saturated carbocycles. The lowest BCUT2D eigenvalue weighted by Gasteiger charge is -2.13. The van der Waals surface area contributed by atoms with Crippen molar-refractivity contribution in [2.75, 3.05) is 0 Å². The maximum absolute atomic E-state index is 13.0. The molecule has 0 aliphatic heterocycles. The third kappa shape index (κ3) is 5.49. The van der Waals surface area contributed by atoms with Gasteiger partial charge in [0, 0.05) is 26.8 Å². The smallest absolute Gasteiger partial charge is 0.184 e. The minimum absolute atomic E-state index is 0.0905. The highest BCUT2D eigenvalue weighted by Crippen LogP contribution is 2.33. The van der Waals surface area contributed by atoms with Gasteiger partial charge in [-0.05, 0) is 42.0 Å². The first-order chi connectivity index (χ1) is 12.1. The molecule has 26 heavy (non-hydrogen) atoms. The van der Waals surface area contributed by atoms with Crippen molar-refractivity contribution < 1.29 is 8.42 Å². The van der Waals surface area contributed by atoms with Crippen LogP contribution < -0.4 is 11.1 Å². The number of benzene rings is 2. The van der Waals surface area contributed by atoms with Crippen molar-refractivity contribution in [3.05, 3.63) is 73.8 Å². The standard InChI is InChI=1S/C16H12Cl4N2O2S2/c17-10-2-1-9(13(19)5-10)8-26(23,24)15(7-22-16(21)25)12-4-3-11(18)6-14(12)20/h1-7H,8H2,(H3,21,22,25)/b15-7-. The predicted molar refractivity (Wildman–Crippen MR) is 113 cm³/mol. The summed E-state index contributed by atoms with van der Waals surface area (Å²) in [7, 11) is -3.87. The van der Waals surface area contributed by atoms with E-state index in [1.54, 1.807) is 12.1 Å². The van der Waals surface area contributed by atoms with Gasteiger partial charge in [-0.15, -0.1) is 0 Å². The molecule has 0 spiro atoms. The zero-order valence-electron chi connectivity index (χ0n) is 13.0. The van der Waals surface area contributed by atoms with Crippen molar-refractivity contribution in [3.8, 4) is 0 Å². The second-order valence-corrected chi connectivity index (χ2v) is 9.22. The molecule has 0 fully saturated rings. The monoisotopic (exact) mass is 468 g/mol. The molecule has 0 unspecified atom stereocenters. The molecule has 0 saturated heterocycles. The van der Waals surface area contributed by atoms with E-state index < -0.39 is 9.84 Å². The van der Waals surface area contributed by atoms with Crippen LogP contribution >= 0.6 is 58.6 Å². The van der Waals surface area contributed by atoms with E-state index in [2.05, 4.69) is 5.32 Å². The number of hydrogen-bond acceptors (Lipinski definition) is 3. The zero-order valence-corrected chi connectivity index (χ0v) is 17.6. The Hall–Kier alpha value is -1.02. The van der Waals surface area contributed by atoms with Gasteiger partial charge in [0.2, 0.25) is 0 Å². The van der Waals surface area contributed by atoms with Crippen molar-refractivity contribution >= 4 is 78.5 Å². The van der Waals surface area contributed by atoms with Gasteiger partial charge in [0.05, 0.1) is 15.7 Å². The van der Waals surface area contributed by atoms with Gasteiger partial charge in [-0.2, -0.15) is 0 Å². The molecule has 0 atom stereocenters. The molecule has 10 heteroatoms. The largest absolute Gasteiger partial charge is 0.376 e. The number of nitrogens with two attached hydrogens (primary N) is 1. The summed E-state index contributed by atoms with van der Waals surface area (Å²) in [6, 6.07) is 9.05. The lowest BCUT2D eigenvalue weighted by Crippen LogP contribution is -2.25. The van der Waals surface area contributed by atoms with Gasteiger partial charge < -0.3 is 11.1 Å². The molecule has 0 aliphatic rings. The van der Waals surface area contributed by atoms with Crippen molar-refractivity contribution in [1.29, 1.82) is 0 Å². The molecule has 0 amide bonds. The highest BCUT2D eigenvalue weighted by molar-refractivity contribution is 7.99. The molecule has 4 nitrogen and oxygen atoms in total.